The standard InChI is InChI=1S/C10H8ClFN2/c1-14-10(4-5-13-14)7-2-3-9(12)8(11)6-7/h2-6H,1H3. The van der Waals surface area contributed by atoms with Crippen molar-refractivity contribution in [2.24, 2.45) is 7.05 Å². The molecule has 2 aromatic rings. The maximum Gasteiger partial charge on any atom is 0.141 e. The molecule has 4 heteroatoms. The lowest BCUT2D eigenvalue weighted by Crippen LogP contribution is -1.93. The van der Waals surface area contributed by atoms with Gasteiger partial charge in [0.15, 0.2) is 0 Å². The van der Waals surface area contributed by atoms with Crippen molar-refractivity contribution in [1.29, 1.82) is 0 Å². The van der Waals surface area contributed by atoms with Crippen molar-refractivity contribution in [3.05, 3.63) is 41.3 Å². The first-order chi connectivity index (χ1) is 6.68. The maximum absolute atomic E-state index is 12.9. The highest BCUT2D eigenvalue weighted by Gasteiger charge is 2.05. The summed E-state index contributed by atoms with van der Waals surface area (Å²) in [5, 5.41) is 4.15. The van der Waals surface area contributed by atoms with Crippen molar-refractivity contribution in [2.45, 2.75) is 0 Å². The molecule has 1 heterocycles. The van der Waals surface area contributed by atoms with Crippen molar-refractivity contribution in [2.75, 3.05) is 0 Å². The predicted molar refractivity (Wildman–Crippen MR) is 53.6 cm³/mol. The van der Waals surface area contributed by atoms with Crippen LogP contribution in [0, 0.1) is 5.82 Å². The quantitative estimate of drug-likeness (QED) is 0.708. The molecule has 2 rings (SSSR count). The van der Waals surface area contributed by atoms with Crippen molar-refractivity contribution in [3.63, 3.8) is 0 Å². The fourth-order valence-corrected chi connectivity index (χ4v) is 1.49. The van der Waals surface area contributed by atoms with E-state index in [1.807, 2.05) is 13.1 Å². The van der Waals surface area contributed by atoms with E-state index in [4.69, 9.17) is 11.6 Å². The lowest BCUT2D eigenvalue weighted by atomic mass is 10.1. The first kappa shape index (κ1) is 9.21. The molecule has 0 fully saturated rings. The third-order valence-electron chi connectivity index (χ3n) is 2.04. The number of halogens is 2. The van der Waals surface area contributed by atoms with Crippen LogP contribution in [0.25, 0.3) is 11.3 Å². The van der Waals surface area contributed by atoms with Crippen LogP contribution < -0.4 is 0 Å². The van der Waals surface area contributed by atoms with E-state index in [1.54, 1.807) is 23.0 Å². The first-order valence-electron chi connectivity index (χ1n) is 4.12. The minimum absolute atomic E-state index is 0.128. The number of aromatic nitrogens is 2. The molecule has 0 radical (unpaired) electrons. The highest BCUT2D eigenvalue weighted by Crippen LogP contribution is 2.23. The Hall–Kier alpha value is -1.35. The van der Waals surface area contributed by atoms with Crippen LogP contribution in [0.15, 0.2) is 30.5 Å². The fraction of sp³-hybridized carbons (Fsp3) is 0.100. The molecule has 0 bridgehead atoms. The molecular formula is C10H8ClFN2. The zero-order chi connectivity index (χ0) is 10.1. The minimum Gasteiger partial charge on any atom is -0.268 e. The molecule has 0 aliphatic heterocycles. The van der Waals surface area contributed by atoms with E-state index in [9.17, 15) is 4.39 Å². The van der Waals surface area contributed by atoms with Crippen LogP contribution in [-0.2, 0) is 7.05 Å². The highest BCUT2D eigenvalue weighted by molar-refractivity contribution is 6.31. The Bertz CT molecular complexity index is 465. The molecule has 0 saturated heterocycles. The van der Waals surface area contributed by atoms with Gasteiger partial charge in [-0.3, -0.25) is 4.68 Å². The van der Waals surface area contributed by atoms with E-state index in [0.717, 1.165) is 11.3 Å². The Morgan fingerprint density at radius 3 is 2.71 bits per heavy atom. The third kappa shape index (κ3) is 1.51. The molecule has 14 heavy (non-hydrogen) atoms. The van der Waals surface area contributed by atoms with Gasteiger partial charge in [-0.15, -0.1) is 0 Å². The topological polar surface area (TPSA) is 17.8 Å². The Kier molecular flexibility index (Phi) is 2.25. The fourth-order valence-electron chi connectivity index (χ4n) is 1.31. The molecule has 0 unspecified atom stereocenters. The van der Waals surface area contributed by atoms with Gasteiger partial charge in [-0.2, -0.15) is 5.10 Å². The van der Waals surface area contributed by atoms with Crippen LogP contribution in [0.2, 0.25) is 5.02 Å². The molecular weight excluding hydrogens is 203 g/mol. The second-order valence-electron chi connectivity index (χ2n) is 2.97. The second-order valence-corrected chi connectivity index (χ2v) is 3.38. The largest absolute Gasteiger partial charge is 0.268 e. The molecule has 0 amide bonds. The Labute approximate surface area is 85.9 Å². The molecule has 0 aliphatic rings. The summed E-state index contributed by atoms with van der Waals surface area (Å²) in [6.07, 6.45) is 1.69. The normalized spacial score (nSPS) is 10.5. The average molecular weight is 211 g/mol. The minimum atomic E-state index is -0.405. The predicted octanol–water partition coefficient (Wildman–Crippen LogP) is 2.88. The van der Waals surface area contributed by atoms with Gasteiger partial charge in [-0.05, 0) is 24.3 Å². The SMILES string of the molecule is Cn1nccc1-c1ccc(F)c(Cl)c1. The van der Waals surface area contributed by atoms with Crippen molar-refractivity contribution in [1.82, 2.24) is 9.78 Å². The molecule has 0 N–H and O–H groups in total. The Morgan fingerprint density at radius 1 is 1.36 bits per heavy atom. The summed E-state index contributed by atoms with van der Waals surface area (Å²) in [5.74, 6) is -0.405. The van der Waals surface area contributed by atoms with Crippen LogP contribution in [-0.4, -0.2) is 9.78 Å². The van der Waals surface area contributed by atoms with Gasteiger partial charge in [0.05, 0.1) is 10.7 Å². The van der Waals surface area contributed by atoms with E-state index in [2.05, 4.69) is 5.10 Å². The van der Waals surface area contributed by atoms with Gasteiger partial charge in [0.25, 0.3) is 0 Å². The number of nitrogens with zero attached hydrogens (tertiary/aromatic N) is 2. The summed E-state index contributed by atoms with van der Waals surface area (Å²) >= 11 is 5.68. The number of rotatable bonds is 1. The van der Waals surface area contributed by atoms with Crippen molar-refractivity contribution < 1.29 is 4.39 Å². The van der Waals surface area contributed by atoms with E-state index in [-0.39, 0.29) is 5.02 Å². The van der Waals surface area contributed by atoms with Crippen LogP contribution in [0.4, 0.5) is 4.39 Å². The summed E-state index contributed by atoms with van der Waals surface area (Å²) in [5.41, 5.74) is 1.77. The van der Waals surface area contributed by atoms with E-state index < -0.39 is 5.82 Å². The van der Waals surface area contributed by atoms with Gasteiger partial charge in [-0.25, -0.2) is 4.39 Å². The van der Waals surface area contributed by atoms with Gasteiger partial charge in [0.2, 0.25) is 0 Å². The molecule has 2 nitrogen and oxygen atoms in total. The summed E-state index contributed by atoms with van der Waals surface area (Å²) < 4.78 is 14.6. The van der Waals surface area contributed by atoms with Crippen LogP contribution in [0.1, 0.15) is 0 Å². The first-order valence-corrected chi connectivity index (χ1v) is 4.49. The summed E-state index contributed by atoms with van der Waals surface area (Å²) in [6.45, 7) is 0. The summed E-state index contributed by atoms with van der Waals surface area (Å²) in [7, 11) is 1.83. The molecule has 72 valence electrons. The molecule has 1 aromatic carbocycles. The van der Waals surface area contributed by atoms with Gasteiger partial charge >= 0.3 is 0 Å². The zero-order valence-electron chi connectivity index (χ0n) is 7.54. The average Bonchev–Trinajstić information content (AvgIpc) is 2.57. The number of benzene rings is 1. The lowest BCUT2D eigenvalue weighted by molar-refractivity contribution is 0.628. The Morgan fingerprint density at radius 2 is 2.14 bits per heavy atom. The van der Waals surface area contributed by atoms with E-state index in [1.165, 1.54) is 6.07 Å². The summed E-state index contributed by atoms with van der Waals surface area (Å²) in [6, 6.07) is 6.47. The smallest absolute Gasteiger partial charge is 0.141 e. The molecule has 0 aliphatic carbocycles. The van der Waals surface area contributed by atoms with Crippen molar-refractivity contribution in [3.8, 4) is 11.3 Å². The third-order valence-corrected chi connectivity index (χ3v) is 2.33. The van der Waals surface area contributed by atoms with E-state index in [0.29, 0.717) is 0 Å². The van der Waals surface area contributed by atoms with E-state index >= 15 is 0 Å². The summed E-state index contributed by atoms with van der Waals surface area (Å²) in [4.78, 5) is 0. The zero-order valence-corrected chi connectivity index (χ0v) is 8.29. The number of hydrogen-bond acceptors (Lipinski definition) is 1. The van der Waals surface area contributed by atoms with Gasteiger partial charge in [-0.1, -0.05) is 11.6 Å². The van der Waals surface area contributed by atoms with Gasteiger partial charge in [0.1, 0.15) is 5.82 Å². The number of hydrogen-bond donors (Lipinski definition) is 0. The molecule has 0 saturated carbocycles. The van der Waals surface area contributed by atoms with Gasteiger partial charge < -0.3 is 0 Å². The molecule has 1 aromatic heterocycles. The van der Waals surface area contributed by atoms with Crippen LogP contribution in [0.5, 0.6) is 0 Å². The Balaban J connectivity index is 2.53. The molecule has 0 atom stereocenters. The second kappa shape index (κ2) is 3.42. The number of aryl methyl sites for hydroxylation is 1. The lowest BCUT2D eigenvalue weighted by Gasteiger charge is -2.02. The monoisotopic (exact) mass is 210 g/mol. The molecule has 0 spiro atoms. The van der Waals surface area contributed by atoms with Gasteiger partial charge in [0, 0.05) is 18.8 Å². The maximum atomic E-state index is 12.9. The van der Waals surface area contributed by atoms with Crippen LogP contribution >= 0.6 is 11.6 Å². The van der Waals surface area contributed by atoms with Crippen molar-refractivity contribution >= 4 is 11.6 Å². The highest BCUT2D eigenvalue weighted by atomic mass is 35.5. The van der Waals surface area contributed by atoms with Crippen LogP contribution in [0.3, 0.4) is 0 Å².